The highest BCUT2D eigenvalue weighted by Gasteiger charge is 2.15. The number of phenols is 1. The molecule has 0 unspecified atom stereocenters. The number of aromatic hydroxyl groups is 1. The van der Waals surface area contributed by atoms with Crippen molar-refractivity contribution in [2.45, 2.75) is 6.54 Å². The van der Waals surface area contributed by atoms with Gasteiger partial charge in [0.2, 0.25) is 0 Å². The number of hydrogen-bond acceptors (Lipinski definition) is 7. The van der Waals surface area contributed by atoms with Gasteiger partial charge in [-0.2, -0.15) is 0 Å². The van der Waals surface area contributed by atoms with Crippen molar-refractivity contribution in [2.24, 2.45) is 5.73 Å². The summed E-state index contributed by atoms with van der Waals surface area (Å²) in [6.45, 7) is 0.774. The topological polar surface area (TPSA) is 149 Å². The predicted octanol–water partition coefficient (Wildman–Crippen LogP) is 0.103. The van der Waals surface area contributed by atoms with Crippen molar-refractivity contribution in [1.82, 2.24) is 15.0 Å². The minimum atomic E-state index is -0.649. The van der Waals surface area contributed by atoms with Crippen LogP contribution in [0.25, 0.3) is 0 Å². The third-order valence-electron chi connectivity index (χ3n) is 2.57. The first-order valence-electron chi connectivity index (χ1n) is 5.90. The summed E-state index contributed by atoms with van der Waals surface area (Å²) in [7, 11) is 0. The molecule has 1 heterocycles. The van der Waals surface area contributed by atoms with Crippen LogP contribution in [0.15, 0.2) is 24.4 Å². The van der Waals surface area contributed by atoms with E-state index in [1.54, 1.807) is 0 Å². The molecule has 0 saturated carbocycles. The number of aromatic nitrogens is 3. The van der Waals surface area contributed by atoms with E-state index in [-0.39, 0.29) is 17.1 Å². The molecule has 1 amide bonds. The summed E-state index contributed by atoms with van der Waals surface area (Å²) < 4.78 is 1.41. The number of carbonyl (C=O) groups excluding carboxylic acids is 1. The van der Waals surface area contributed by atoms with Crippen molar-refractivity contribution in [3.05, 3.63) is 40.2 Å². The van der Waals surface area contributed by atoms with Gasteiger partial charge in [0.25, 0.3) is 11.6 Å². The Morgan fingerprint density at radius 3 is 2.90 bits per heavy atom. The fourth-order valence-electron chi connectivity index (χ4n) is 1.57. The van der Waals surface area contributed by atoms with E-state index in [0.29, 0.717) is 13.1 Å². The minimum Gasteiger partial charge on any atom is -0.506 e. The number of non-ortho nitro benzene ring substituents is 1. The first kappa shape index (κ1) is 14.4. The van der Waals surface area contributed by atoms with Gasteiger partial charge >= 0.3 is 0 Å². The fraction of sp³-hybridized carbons (Fsp3) is 0.182. The summed E-state index contributed by atoms with van der Waals surface area (Å²) in [4.78, 5) is 21.8. The molecule has 0 atom stereocenters. The summed E-state index contributed by atoms with van der Waals surface area (Å²) >= 11 is 0. The average molecular weight is 292 g/mol. The Kier molecular flexibility index (Phi) is 4.09. The van der Waals surface area contributed by atoms with Gasteiger partial charge in [-0.05, 0) is 6.07 Å². The number of hydrogen-bond donors (Lipinski definition) is 3. The van der Waals surface area contributed by atoms with E-state index in [4.69, 9.17) is 5.73 Å². The number of nitrogens with one attached hydrogen (secondary N) is 1. The van der Waals surface area contributed by atoms with Crippen LogP contribution in [0, 0.1) is 10.1 Å². The van der Waals surface area contributed by atoms with E-state index in [2.05, 4.69) is 15.6 Å². The smallest absolute Gasteiger partial charge is 0.277 e. The highest BCUT2D eigenvalue weighted by atomic mass is 16.6. The van der Waals surface area contributed by atoms with Crippen LogP contribution in [-0.4, -0.2) is 37.5 Å². The van der Waals surface area contributed by atoms with Gasteiger partial charge in [-0.3, -0.25) is 19.6 Å². The Balaban J connectivity index is 2.13. The quantitative estimate of drug-likeness (QED) is 0.402. The third kappa shape index (κ3) is 3.30. The molecule has 0 bridgehead atoms. The van der Waals surface area contributed by atoms with Crippen molar-refractivity contribution in [3.63, 3.8) is 0 Å². The molecule has 1 aromatic heterocycles. The molecule has 0 fully saturated rings. The van der Waals surface area contributed by atoms with Gasteiger partial charge in [0, 0.05) is 12.6 Å². The van der Waals surface area contributed by atoms with Crippen molar-refractivity contribution in [2.75, 3.05) is 11.9 Å². The number of rotatable bonds is 5. The minimum absolute atomic E-state index is 0.0407. The monoisotopic (exact) mass is 292 g/mol. The molecule has 0 radical (unpaired) electrons. The van der Waals surface area contributed by atoms with Crippen LogP contribution in [0.5, 0.6) is 5.75 Å². The zero-order valence-electron chi connectivity index (χ0n) is 10.8. The highest BCUT2D eigenvalue weighted by molar-refractivity contribution is 6.03. The van der Waals surface area contributed by atoms with Crippen LogP contribution in [0.1, 0.15) is 10.5 Å². The Hall–Kier alpha value is -3.01. The summed E-state index contributed by atoms with van der Waals surface area (Å²) in [6, 6.07) is 3.34. The molecule has 1 aromatic carbocycles. The predicted molar refractivity (Wildman–Crippen MR) is 71.8 cm³/mol. The maximum absolute atomic E-state index is 11.9. The van der Waals surface area contributed by atoms with Crippen molar-refractivity contribution < 1.29 is 14.8 Å². The summed E-state index contributed by atoms with van der Waals surface area (Å²) in [5.74, 6) is -1.01. The highest BCUT2D eigenvalue weighted by Crippen LogP contribution is 2.28. The van der Waals surface area contributed by atoms with Crippen molar-refractivity contribution >= 4 is 17.3 Å². The maximum atomic E-state index is 11.9. The van der Waals surface area contributed by atoms with E-state index in [1.165, 1.54) is 23.0 Å². The van der Waals surface area contributed by atoms with Gasteiger partial charge in [0.05, 0.1) is 29.4 Å². The standard InChI is InChI=1S/C11H12N6O4/c12-3-4-16-6-9(14-15-16)11(19)13-8-2-1-7(17(20)21)5-10(8)18/h1-2,5-6,18H,3-4,12H2,(H,13,19). The molecule has 4 N–H and O–H groups in total. The van der Waals surface area contributed by atoms with E-state index >= 15 is 0 Å². The number of nitrogens with zero attached hydrogens (tertiary/aromatic N) is 4. The lowest BCUT2D eigenvalue weighted by Crippen LogP contribution is -2.13. The average Bonchev–Trinajstić information content (AvgIpc) is 2.90. The largest absolute Gasteiger partial charge is 0.506 e. The zero-order valence-corrected chi connectivity index (χ0v) is 10.8. The SMILES string of the molecule is NCCn1cc(C(=O)Nc2ccc([N+](=O)[O-])cc2O)nn1. The summed E-state index contributed by atoms with van der Waals surface area (Å²) in [6.07, 6.45) is 1.41. The molecule has 10 heteroatoms. The number of nitrogens with two attached hydrogens (primary N) is 1. The molecule has 0 spiro atoms. The van der Waals surface area contributed by atoms with Crippen LogP contribution < -0.4 is 11.1 Å². The molecule has 2 aromatic rings. The lowest BCUT2D eigenvalue weighted by molar-refractivity contribution is -0.384. The third-order valence-corrected chi connectivity index (χ3v) is 2.57. The second-order valence-electron chi connectivity index (χ2n) is 4.07. The van der Waals surface area contributed by atoms with E-state index in [9.17, 15) is 20.0 Å². The molecule has 0 aliphatic carbocycles. The molecule has 0 saturated heterocycles. The van der Waals surface area contributed by atoms with Gasteiger partial charge < -0.3 is 16.2 Å². The number of phenolic OH excluding ortho intramolecular Hbond substituents is 1. The lowest BCUT2D eigenvalue weighted by atomic mass is 10.2. The van der Waals surface area contributed by atoms with E-state index < -0.39 is 16.6 Å². The van der Waals surface area contributed by atoms with Gasteiger partial charge in [-0.15, -0.1) is 5.10 Å². The maximum Gasteiger partial charge on any atom is 0.277 e. The number of benzene rings is 1. The first-order valence-corrected chi connectivity index (χ1v) is 5.90. The number of amides is 1. The van der Waals surface area contributed by atoms with Crippen LogP contribution in [0.2, 0.25) is 0 Å². The summed E-state index contributed by atoms with van der Waals surface area (Å²) in [5.41, 5.74) is 5.16. The molecular formula is C11H12N6O4. The van der Waals surface area contributed by atoms with Gasteiger partial charge in [-0.25, -0.2) is 0 Å². The van der Waals surface area contributed by atoms with Gasteiger partial charge in [0.15, 0.2) is 5.69 Å². The molecule has 0 aliphatic rings. The molecule has 2 rings (SSSR count). The molecule has 0 aliphatic heterocycles. The van der Waals surface area contributed by atoms with E-state index in [0.717, 1.165) is 6.07 Å². The van der Waals surface area contributed by atoms with Crippen LogP contribution in [-0.2, 0) is 6.54 Å². The van der Waals surface area contributed by atoms with Gasteiger partial charge in [0.1, 0.15) is 5.75 Å². The summed E-state index contributed by atoms with van der Waals surface area (Å²) in [5, 5.41) is 30.0. The normalized spacial score (nSPS) is 10.3. The van der Waals surface area contributed by atoms with Crippen LogP contribution in [0.4, 0.5) is 11.4 Å². The van der Waals surface area contributed by atoms with Gasteiger partial charge in [-0.1, -0.05) is 5.21 Å². The zero-order chi connectivity index (χ0) is 15.4. The number of nitro benzene ring substituents is 1. The van der Waals surface area contributed by atoms with Crippen molar-refractivity contribution in [1.29, 1.82) is 0 Å². The number of anilines is 1. The first-order chi connectivity index (χ1) is 10.0. The van der Waals surface area contributed by atoms with E-state index in [1.807, 2.05) is 0 Å². The molecule has 110 valence electrons. The Morgan fingerprint density at radius 2 is 2.29 bits per heavy atom. The second-order valence-corrected chi connectivity index (χ2v) is 4.07. The second kappa shape index (κ2) is 5.96. The molecular weight excluding hydrogens is 280 g/mol. The lowest BCUT2D eigenvalue weighted by Gasteiger charge is -2.05. The number of nitro groups is 1. The Morgan fingerprint density at radius 1 is 1.52 bits per heavy atom. The van der Waals surface area contributed by atoms with Crippen LogP contribution in [0.3, 0.4) is 0 Å². The Bertz CT molecular complexity index is 683. The van der Waals surface area contributed by atoms with Crippen LogP contribution >= 0.6 is 0 Å². The number of carbonyl (C=O) groups is 1. The Labute approximate surface area is 118 Å². The van der Waals surface area contributed by atoms with Crippen molar-refractivity contribution in [3.8, 4) is 5.75 Å². The fourth-order valence-corrected chi connectivity index (χ4v) is 1.57. The molecule has 21 heavy (non-hydrogen) atoms. The molecule has 10 nitrogen and oxygen atoms in total.